The molecule has 1 heterocycles. The fraction of sp³-hybridized carbons (Fsp3) is 0.471. The molecule has 0 atom stereocenters. The van der Waals surface area contributed by atoms with Gasteiger partial charge in [0.1, 0.15) is 0 Å². The molecule has 0 aliphatic rings. The molecule has 0 amide bonds. The van der Waals surface area contributed by atoms with Gasteiger partial charge in [0.15, 0.2) is 0 Å². The molecule has 0 spiro atoms. The molecule has 0 aliphatic carbocycles. The van der Waals surface area contributed by atoms with Gasteiger partial charge in [-0.15, -0.1) is 11.3 Å². The highest BCUT2D eigenvalue weighted by Crippen LogP contribution is 2.24. The van der Waals surface area contributed by atoms with Crippen molar-refractivity contribution in [2.24, 2.45) is 0 Å². The number of rotatable bonds is 7. The molecule has 0 N–H and O–H groups in total. The molecule has 21 heavy (non-hydrogen) atoms. The Morgan fingerprint density at radius 3 is 2.43 bits per heavy atom. The second-order valence-electron chi connectivity index (χ2n) is 5.28. The predicted octanol–water partition coefficient (Wildman–Crippen LogP) is 5.43. The van der Waals surface area contributed by atoms with E-state index < -0.39 is 0 Å². The summed E-state index contributed by atoms with van der Waals surface area (Å²) in [5.74, 6) is 0. The molecule has 2 nitrogen and oxygen atoms in total. The third kappa shape index (κ3) is 4.07. The Labute approximate surface area is 138 Å². The van der Waals surface area contributed by atoms with E-state index in [4.69, 9.17) is 0 Å². The summed E-state index contributed by atoms with van der Waals surface area (Å²) in [6, 6.07) is 5.94. The molecule has 2 rings (SSSR count). The highest BCUT2D eigenvalue weighted by Gasteiger charge is 2.12. The first-order valence-corrected chi connectivity index (χ1v) is 9.30. The lowest BCUT2D eigenvalue weighted by molar-refractivity contribution is 0.677. The van der Waals surface area contributed by atoms with Crippen LogP contribution in [-0.2, 0) is 0 Å². The fourth-order valence-corrected chi connectivity index (χ4v) is 3.64. The van der Waals surface area contributed by atoms with Crippen LogP contribution in [0.15, 0.2) is 32.8 Å². The topological polar surface area (TPSA) is 20.3 Å². The van der Waals surface area contributed by atoms with Crippen LogP contribution in [0.2, 0.25) is 0 Å². The molecule has 0 radical (unpaired) electrons. The van der Waals surface area contributed by atoms with Gasteiger partial charge >= 0.3 is 0 Å². The molecule has 0 aliphatic heterocycles. The first-order chi connectivity index (χ1) is 10.2. The number of fused-ring (bicyclic) bond motifs is 1. The van der Waals surface area contributed by atoms with E-state index in [1.54, 1.807) is 11.3 Å². The van der Waals surface area contributed by atoms with Crippen LogP contribution in [0.4, 0.5) is 5.69 Å². The van der Waals surface area contributed by atoms with Crippen molar-refractivity contribution < 1.29 is 0 Å². The minimum absolute atomic E-state index is 0.164. The smallest absolute Gasteiger partial charge is 0.211 e. The van der Waals surface area contributed by atoms with Gasteiger partial charge in [0, 0.05) is 33.0 Å². The predicted molar refractivity (Wildman–Crippen MR) is 97.8 cm³/mol. The van der Waals surface area contributed by atoms with Gasteiger partial charge < -0.3 is 4.90 Å². The molecule has 114 valence electrons. The van der Waals surface area contributed by atoms with E-state index in [0.717, 1.165) is 59.0 Å². The fourth-order valence-electron chi connectivity index (χ4n) is 2.36. The van der Waals surface area contributed by atoms with Crippen molar-refractivity contribution in [2.45, 2.75) is 39.5 Å². The van der Waals surface area contributed by atoms with Crippen molar-refractivity contribution in [3.8, 4) is 0 Å². The Bertz CT molecular complexity index is 645. The van der Waals surface area contributed by atoms with E-state index in [1.165, 1.54) is 0 Å². The van der Waals surface area contributed by atoms with Crippen molar-refractivity contribution in [1.82, 2.24) is 0 Å². The lowest BCUT2D eigenvalue weighted by Crippen LogP contribution is -2.30. The highest BCUT2D eigenvalue weighted by molar-refractivity contribution is 9.10. The average molecular weight is 368 g/mol. The van der Waals surface area contributed by atoms with Crippen LogP contribution >= 0.6 is 27.3 Å². The first-order valence-electron chi connectivity index (χ1n) is 7.63. The largest absolute Gasteiger partial charge is 0.368 e. The number of hydrogen-bond acceptors (Lipinski definition) is 3. The first kappa shape index (κ1) is 16.5. The molecular weight excluding hydrogens is 346 g/mol. The molecule has 0 bridgehead atoms. The van der Waals surface area contributed by atoms with Crippen LogP contribution in [0.1, 0.15) is 39.5 Å². The Hall–Kier alpha value is -0.870. The number of unbranched alkanes of at least 4 members (excludes halogenated alkanes) is 2. The zero-order valence-electron chi connectivity index (χ0n) is 12.7. The Kier molecular flexibility index (Phi) is 6.24. The van der Waals surface area contributed by atoms with E-state index in [-0.39, 0.29) is 5.43 Å². The molecular formula is C17H22BrNOS. The summed E-state index contributed by atoms with van der Waals surface area (Å²) in [7, 11) is 0. The van der Waals surface area contributed by atoms with Gasteiger partial charge in [-0.2, -0.15) is 0 Å². The monoisotopic (exact) mass is 367 g/mol. The average Bonchev–Trinajstić information content (AvgIpc) is 2.49. The van der Waals surface area contributed by atoms with Crippen LogP contribution < -0.4 is 10.3 Å². The number of nitrogens with zero attached hydrogens (tertiary/aromatic N) is 1. The molecule has 0 fully saturated rings. The van der Waals surface area contributed by atoms with E-state index >= 15 is 0 Å². The normalized spacial score (nSPS) is 11.0. The molecule has 0 saturated carbocycles. The second kappa shape index (κ2) is 7.95. The summed E-state index contributed by atoms with van der Waals surface area (Å²) >= 11 is 5.12. The van der Waals surface area contributed by atoms with Crippen LogP contribution in [0.25, 0.3) is 10.1 Å². The summed E-state index contributed by atoms with van der Waals surface area (Å²) in [6.45, 7) is 6.32. The van der Waals surface area contributed by atoms with E-state index in [2.05, 4.69) is 34.7 Å². The maximum absolute atomic E-state index is 12.8. The Balaban J connectivity index is 2.41. The standard InChI is InChI=1S/C17H22BrNOS/c1-3-5-9-19(10-6-4-2)15-12-21-16-8-7-13(18)11-14(16)17(15)20/h7-8,11-12H,3-6,9-10H2,1-2H3. The minimum atomic E-state index is 0.164. The van der Waals surface area contributed by atoms with Gasteiger partial charge in [-0.3, -0.25) is 4.79 Å². The molecule has 4 heteroatoms. The zero-order chi connectivity index (χ0) is 15.2. The Morgan fingerprint density at radius 1 is 1.14 bits per heavy atom. The third-order valence-electron chi connectivity index (χ3n) is 3.62. The number of anilines is 1. The quantitative estimate of drug-likeness (QED) is 0.649. The summed E-state index contributed by atoms with van der Waals surface area (Å²) in [4.78, 5) is 15.1. The lowest BCUT2D eigenvalue weighted by Gasteiger charge is -2.24. The molecule has 1 aromatic heterocycles. The number of halogens is 1. The summed E-state index contributed by atoms with van der Waals surface area (Å²) in [5.41, 5.74) is 1.03. The highest BCUT2D eigenvalue weighted by atomic mass is 79.9. The van der Waals surface area contributed by atoms with Gasteiger partial charge in [0.25, 0.3) is 0 Å². The molecule has 0 saturated heterocycles. The lowest BCUT2D eigenvalue weighted by atomic mass is 10.2. The van der Waals surface area contributed by atoms with Crippen LogP contribution in [0.5, 0.6) is 0 Å². The van der Waals surface area contributed by atoms with Crippen molar-refractivity contribution in [3.63, 3.8) is 0 Å². The van der Waals surface area contributed by atoms with Crippen molar-refractivity contribution >= 4 is 43.0 Å². The van der Waals surface area contributed by atoms with Gasteiger partial charge in [0.05, 0.1) is 5.69 Å². The molecule has 2 aromatic rings. The van der Waals surface area contributed by atoms with Gasteiger partial charge in [-0.1, -0.05) is 42.6 Å². The maximum atomic E-state index is 12.8. The SMILES string of the molecule is CCCCN(CCCC)c1csc2ccc(Br)cc2c1=O. The third-order valence-corrected chi connectivity index (χ3v) is 5.06. The van der Waals surface area contributed by atoms with Crippen LogP contribution in [0, 0.1) is 0 Å². The van der Waals surface area contributed by atoms with Gasteiger partial charge in [-0.05, 0) is 31.0 Å². The van der Waals surface area contributed by atoms with E-state index in [9.17, 15) is 4.79 Å². The van der Waals surface area contributed by atoms with Gasteiger partial charge in [0.2, 0.25) is 5.43 Å². The van der Waals surface area contributed by atoms with E-state index in [1.807, 2.05) is 23.6 Å². The van der Waals surface area contributed by atoms with Crippen molar-refractivity contribution in [2.75, 3.05) is 18.0 Å². The zero-order valence-corrected chi connectivity index (χ0v) is 15.1. The number of benzene rings is 1. The summed E-state index contributed by atoms with van der Waals surface area (Å²) < 4.78 is 2.02. The van der Waals surface area contributed by atoms with E-state index in [0.29, 0.717) is 0 Å². The van der Waals surface area contributed by atoms with Crippen LogP contribution in [-0.4, -0.2) is 13.1 Å². The summed E-state index contributed by atoms with van der Waals surface area (Å²) in [5, 5.41) is 2.86. The Morgan fingerprint density at radius 2 is 1.81 bits per heavy atom. The van der Waals surface area contributed by atoms with Crippen molar-refractivity contribution in [1.29, 1.82) is 0 Å². The molecule has 1 aromatic carbocycles. The van der Waals surface area contributed by atoms with Crippen molar-refractivity contribution in [3.05, 3.63) is 38.3 Å². The number of hydrogen-bond donors (Lipinski definition) is 0. The summed E-state index contributed by atoms with van der Waals surface area (Å²) in [6.07, 6.45) is 4.56. The minimum Gasteiger partial charge on any atom is -0.368 e. The molecule has 0 unspecified atom stereocenters. The van der Waals surface area contributed by atoms with Gasteiger partial charge in [-0.25, -0.2) is 0 Å². The maximum Gasteiger partial charge on any atom is 0.211 e. The van der Waals surface area contributed by atoms with Crippen LogP contribution in [0.3, 0.4) is 0 Å². The second-order valence-corrected chi connectivity index (χ2v) is 7.11.